The maximum Gasteiger partial charge on any atom is 0.204 e. The summed E-state index contributed by atoms with van der Waals surface area (Å²) in [6.07, 6.45) is 1.09. The molecule has 3 nitrogen and oxygen atoms in total. The zero-order valence-corrected chi connectivity index (χ0v) is 8.18. The second-order valence-electron chi connectivity index (χ2n) is 2.37. The maximum absolute atomic E-state index is 4.88. The molecule has 11 heavy (non-hydrogen) atoms. The van der Waals surface area contributed by atoms with Crippen LogP contribution < -0.4 is 5.32 Å². The molecule has 62 valence electrons. The van der Waals surface area contributed by atoms with Crippen LogP contribution in [0.5, 0.6) is 0 Å². The Labute approximate surface area is 74.8 Å². The first-order valence-corrected chi connectivity index (χ1v) is 4.77. The van der Waals surface area contributed by atoms with Crippen LogP contribution in [0.2, 0.25) is 0 Å². The fourth-order valence-electron chi connectivity index (χ4n) is 0.604. The molecule has 0 aliphatic heterocycles. The van der Waals surface area contributed by atoms with Crippen molar-refractivity contribution in [2.45, 2.75) is 26.3 Å². The van der Waals surface area contributed by atoms with Crippen molar-refractivity contribution < 1.29 is 0 Å². The van der Waals surface area contributed by atoms with Crippen LogP contribution in [0.4, 0.5) is 5.13 Å². The minimum absolute atomic E-state index is 0.462. The molecule has 1 heterocycles. The molecule has 0 fully saturated rings. The van der Waals surface area contributed by atoms with Gasteiger partial charge in [-0.15, -0.1) is 5.10 Å². The SMILES string of the molecule is CCC(C)Nc1n[nH]c(=S)s1. The zero-order chi connectivity index (χ0) is 8.27. The largest absolute Gasteiger partial charge is 0.358 e. The van der Waals surface area contributed by atoms with Crippen molar-refractivity contribution in [1.82, 2.24) is 10.2 Å². The summed E-state index contributed by atoms with van der Waals surface area (Å²) >= 11 is 6.35. The van der Waals surface area contributed by atoms with E-state index in [0.717, 1.165) is 15.5 Å². The Morgan fingerprint density at radius 3 is 3.00 bits per heavy atom. The summed E-state index contributed by atoms with van der Waals surface area (Å²) in [7, 11) is 0. The molecule has 0 saturated carbocycles. The quantitative estimate of drug-likeness (QED) is 0.717. The van der Waals surface area contributed by atoms with Crippen LogP contribution >= 0.6 is 23.6 Å². The Kier molecular flexibility index (Phi) is 3.02. The number of hydrogen-bond acceptors (Lipinski definition) is 4. The Hall–Kier alpha value is -0.420. The van der Waals surface area contributed by atoms with E-state index in [2.05, 4.69) is 29.4 Å². The molecule has 0 aliphatic rings. The van der Waals surface area contributed by atoms with Gasteiger partial charge in [0.1, 0.15) is 0 Å². The number of aromatic amines is 1. The summed E-state index contributed by atoms with van der Waals surface area (Å²) in [4.78, 5) is 0. The molecule has 0 aromatic carbocycles. The molecule has 0 spiro atoms. The molecule has 0 saturated heterocycles. The van der Waals surface area contributed by atoms with Gasteiger partial charge in [-0.05, 0) is 25.6 Å². The van der Waals surface area contributed by atoms with E-state index >= 15 is 0 Å². The molecular weight excluding hydrogens is 178 g/mol. The first kappa shape index (κ1) is 8.67. The average molecular weight is 189 g/mol. The van der Waals surface area contributed by atoms with Crippen LogP contribution in [0.15, 0.2) is 0 Å². The van der Waals surface area contributed by atoms with E-state index < -0.39 is 0 Å². The molecule has 1 rings (SSSR count). The number of nitrogens with zero attached hydrogens (tertiary/aromatic N) is 1. The number of rotatable bonds is 3. The van der Waals surface area contributed by atoms with Gasteiger partial charge in [0.25, 0.3) is 0 Å². The average Bonchev–Trinajstić information content (AvgIpc) is 2.35. The maximum atomic E-state index is 4.88. The highest BCUT2D eigenvalue weighted by Crippen LogP contribution is 2.12. The van der Waals surface area contributed by atoms with Gasteiger partial charge in [0, 0.05) is 6.04 Å². The Morgan fingerprint density at radius 2 is 2.55 bits per heavy atom. The minimum atomic E-state index is 0.462. The van der Waals surface area contributed by atoms with Gasteiger partial charge in [-0.2, -0.15) is 0 Å². The molecule has 0 radical (unpaired) electrons. The minimum Gasteiger partial charge on any atom is -0.358 e. The zero-order valence-electron chi connectivity index (χ0n) is 6.55. The fourth-order valence-corrected chi connectivity index (χ4v) is 1.51. The first-order chi connectivity index (χ1) is 5.22. The highest BCUT2D eigenvalue weighted by molar-refractivity contribution is 7.73. The third-order valence-electron chi connectivity index (χ3n) is 1.42. The van der Waals surface area contributed by atoms with Crippen LogP contribution in [-0.4, -0.2) is 16.2 Å². The van der Waals surface area contributed by atoms with Gasteiger partial charge >= 0.3 is 0 Å². The van der Waals surface area contributed by atoms with Crippen molar-refractivity contribution in [3.8, 4) is 0 Å². The molecule has 0 aliphatic carbocycles. The van der Waals surface area contributed by atoms with Gasteiger partial charge in [-0.25, -0.2) is 0 Å². The van der Waals surface area contributed by atoms with Gasteiger partial charge in [0.15, 0.2) is 3.95 Å². The van der Waals surface area contributed by atoms with Crippen LogP contribution in [-0.2, 0) is 0 Å². The van der Waals surface area contributed by atoms with E-state index in [1.165, 1.54) is 11.3 Å². The fraction of sp³-hybridized carbons (Fsp3) is 0.667. The van der Waals surface area contributed by atoms with Crippen LogP contribution in [0.1, 0.15) is 20.3 Å². The standard InChI is InChI=1S/C6H11N3S2/c1-3-4(2)7-5-8-9-6(10)11-5/h4H,3H2,1-2H3,(H,7,8)(H,9,10). The smallest absolute Gasteiger partial charge is 0.204 e. The summed E-state index contributed by atoms with van der Waals surface area (Å²) < 4.78 is 0.718. The van der Waals surface area contributed by atoms with Gasteiger partial charge in [0.05, 0.1) is 0 Å². The predicted octanol–water partition coefficient (Wildman–Crippen LogP) is 2.41. The van der Waals surface area contributed by atoms with Gasteiger partial charge < -0.3 is 5.32 Å². The van der Waals surface area contributed by atoms with Gasteiger partial charge in [-0.3, -0.25) is 5.10 Å². The number of hydrogen-bond donors (Lipinski definition) is 2. The summed E-state index contributed by atoms with van der Waals surface area (Å²) in [5.74, 6) is 0. The van der Waals surface area contributed by atoms with Crippen LogP contribution in [0, 0.1) is 3.95 Å². The summed E-state index contributed by atoms with van der Waals surface area (Å²) in [6, 6.07) is 0.462. The third-order valence-corrected chi connectivity index (χ3v) is 2.44. The lowest BCUT2D eigenvalue weighted by Gasteiger charge is -2.07. The van der Waals surface area contributed by atoms with E-state index in [0.29, 0.717) is 6.04 Å². The van der Waals surface area contributed by atoms with Crippen molar-refractivity contribution >= 4 is 28.7 Å². The summed E-state index contributed by atoms with van der Waals surface area (Å²) in [5, 5.41) is 10.8. The predicted molar refractivity (Wildman–Crippen MR) is 50.7 cm³/mol. The Morgan fingerprint density at radius 1 is 1.82 bits per heavy atom. The van der Waals surface area contributed by atoms with E-state index in [4.69, 9.17) is 12.2 Å². The summed E-state index contributed by atoms with van der Waals surface area (Å²) in [6.45, 7) is 4.24. The number of anilines is 1. The third kappa shape index (κ3) is 2.59. The van der Waals surface area contributed by atoms with Crippen LogP contribution in [0.3, 0.4) is 0 Å². The molecule has 1 aromatic rings. The molecule has 1 unspecified atom stereocenters. The second-order valence-corrected chi connectivity index (χ2v) is 4.04. The normalized spacial score (nSPS) is 12.9. The lowest BCUT2D eigenvalue weighted by Crippen LogP contribution is -2.12. The first-order valence-electron chi connectivity index (χ1n) is 3.54. The van der Waals surface area contributed by atoms with Crippen LogP contribution in [0.25, 0.3) is 0 Å². The monoisotopic (exact) mass is 189 g/mol. The molecule has 1 aromatic heterocycles. The number of H-pyrrole nitrogens is 1. The van der Waals surface area contributed by atoms with E-state index in [1.54, 1.807) is 0 Å². The highest BCUT2D eigenvalue weighted by Gasteiger charge is 2.00. The van der Waals surface area contributed by atoms with Gasteiger partial charge in [0.2, 0.25) is 5.13 Å². The second kappa shape index (κ2) is 3.82. The molecular formula is C6H11N3S2. The topological polar surface area (TPSA) is 40.7 Å². The molecule has 0 bridgehead atoms. The molecule has 1 atom stereocenters. The number of aromatic nitrogens is 2. The van der Waals surface area contributed by atoms with Crippen molar-refractivity contribution in [1.29, 1.82) is 0 Å². The molecule has 5 heteroatoms. The van der Waals surface area contributed by atoms with E-state index in [9.17, 15) is 0 Å². The summed E-state index contributed by atoms with van der Waals surface area (Å²) in [5.41, 5.74) is 0. The molecule has 2 N–H and O–H groups in total. The Bertz CT molecular complexity index is 265. The van der Waals surface area contributed by atoms with Crippen molar-refractivity contribution in [3.05, 3.63) is 3.95 Å². The van der Waals surface area contributed by atoms with Crippen molar-refractivity contribution in [2.24, 2.45) is 0 Å². The lowest BCUT2D eigenvalue weighted by atomic mass is 10.3. The van der Waals surface area contributed by atoms with E-state index in [-0.39, 0.29) is 0 Å². The Balaban J connectivity index is 2.57. The van der Waals surface area contributed by atoms with Crippen molar-refractivity contribution in [2.75, 3.05) is 5.32 Å². The molecule has 0 amide bonds. The number of nitrogens with one attached hydrogen (secondary N) is 2. The van der Waals surface area contributed by atoms with Crippen molar-refractivity contribution in [3.63, 3.8) is 0 Å². The lowest BCUT2D eigenvalue weighted by molar-refractivity contribution is 0.760. The van der Waals surface area contributed by atoms with E-state index in [1.807, 2.05) is 0 Å². The van der Waals surface area contributed by atoms with Gasteiger partial charge in [-0.1, -0.05) is 18.3 Å². The highest BCUT2D eigenvalue weighted by atomic mass is 32.1.